The molecule has 1 N–H and O–H groups in total. The molecule has 102 valence electrons. The predicted octanol–water partition coefficient (Wildman–Crippen LogP) is 3.13. The van der Waals surface area contributed by atoms with Gasteiger partial charge >= 0.3 is 0 Å². The molecule has 0 aromatic heterocycles. The lowest BCUT2D eigenvalue weighted by Gasteiger charge is -2.33. The minimum absolute atomic E-state index is 0.431. The van der Waals surface area contributed by atoms with Crippen LogP contribution in [0, 0.1) is 11.3 Å². The molecule has 1 aliphatic heterocycles. The van der Waals surface area contributed by atoms with Gasteiger partial charge in [-0.05, 0) is 37.3 Å². The molecule has 2 nitrogen and oxygen atoms in total. The Labute approximate surface area is 108 Å². The number of hydrogen-bond acceptors (Lipinski definition) is 2. The molecule has 1 saturated heterocycles. The van der Waals surface area contributed by atoms with Crippen LogP contribution < -0.4 is 5.32 Å². The molecule has 2 atom stereocenters. The van der Waals surface area contributed by atoms with E-state index in [1.807, 2.05) is 0 Å². The Morgan fingerprint density at radius 2 is 2.06 bits per heavy atom. The molecule has 1 rings (SSSR count). The first kappa shape index (κ1) is 15.0. The van der Waals surface area contributed by atoms with Crippen LogP contribution in [0.15, 0.2) is 0 Å². The first-order chi connectivity index (χ1) is 7.93. The summed E-state index contributed by atoms with van der Waals surface area (Å²) in [6, 6.07) is 0.717. The molecule has 17 heavy (non-hydrogen) atoms. The van der Waals surface area contributed by atoms with Crippen LogP contribution >= 0.6 is 0 Å². The quantitative estimate of drug-likeness (QED) is 0.812. The molecular formula is C15H32N2. The molecule has 0 aliphatic carbocycles. The molecule has 2 unspecified atom stereocenters. The van der Waals surface area contributed by atoms with Gasteiger partial charge in [-0.2, -0.15) is 0 Å². The van der Waals surface area contributed by atoms with E-state index in [9.17, 15) is 0 Å². The molecule has 2 heteroatoms. The summed E-state index contributed by atoms with van der Waals surface area (Å²) in [5.41, 5.74) is 0.431. The lowest BCUT2D eigenvalue weighted by molar-refractivity contribution is 0.158. The van der Waals surface area contributed by atoms with Crippen molar-refractivity contribution in [2.45, 2.75) is 59.9 Å². The Balaban J connectivity index is 2.45. The summed E-state index contributed by atoms with van der Waals surface area (Å²) < 4.78 is 0. The van der Waals surface area contributed by atoms with E-state index in [0.717, 1.165) is 12.0 Å². The molecule has 0 amide bonds. The van der Waals surface area contributed by atoms with E-state index < -0.39 is 0 Å². The lowest BCUT2D eigenvalue weighted by atomic mass is 9.82. The molecular weight excluding hydrogens is 208 g/mol. The summed E-state index contributed by atoms with van der Waals surface area (Å²) >= 11 is 0. The minimum Gasteiger partial charge on any atom is -0.313 e. The van der Waals surface area contributed by atoms with Crippen molar-refractivity contribution in [1.82, 2.24) is 10.2 Å². The first-order valence-electron chi connectivity index (χ1n) is 7.39. The maximum absolute atomic E-state index is 3.68. The van der Waals surface area contributed by atoms with Gasteiger partial charge in [0.25, 0.3) is 0 Å². The fourth-order valence-electron chi connectivity index (χ4n) is 2.45. The standard InChI is InChI=1S/C15H32N2/c1-6-8-14-12-17(10-7-9-16-14)11-13(2)15(3,4)5/h13-14,16H,6-12H2,1-5H3. The summed E-state index contributed by atoms with van der Waals surface area (Å²) in [7, 11) is 0. The van der Waals surface area contributed by atoms with Gasteiger partial charge in [0.05, 0.1) is 0 Å². The topological polar surface area (TPSA) is 15.3 Å². The van der Waals surface area contributed by atoms with Gasteiger partial charge in [-0.25, -0.2) is 0 Å². The highest BCUT2D eigenvalue weighted by Crippen LogP contribution is 2.26. The van der Waals surface area contributed by atoms with Gasteiger partial charge in [-0.1, -0.05) is 41.0 Å². The van der Waals surface area contributed by atoms with Crippen LogP contribution in [0.4, 0.5) is 0 Å². The zero-order valence-corrected chi connectivity index (χ0v) is 12.6. The van der Waals surface area contributed by atoms with Crippen molar-refractivity contribution in [3.8, 4) is 0 Å². The molecule has 0 aromatic carbocycles. The number of nitrogens with one attached hydrogen (secondary N) is 1. The zero-order valence-electron chi connectivity index (χ0n) is 12.6. The highest BCUT2D eigenvalue weighted by Gasteiger charge is 2.24. The van der Waals surface area contributed by atoms with Crippen molar-refractivity contribution in [2.75, 3.05) is 26.2 Å². The number of nitrogens with zero attached hydrogens (tertiary/aromatic N) is 1. The highest BCUT2D eigenvalue weighted by atomic mass is 15.2. The van der Waals surface area contributed by atoms with Crippen LogP contribution in [0.25, 0.3) is 0 Å². The van der Waals surface area contributed by atoms with Crippen LogP contribution in [-0.4, -0.2) is 37.1 Å². The summed E-state index contributed by atoms with van der Waals surface area (Å²) in [6.07, 6.45) is 3.91. The molecule has 0 saturated carbocycles. The first-order valence-corrected chi connectivity index (χ1v) is 7.39. The predicted molar refractivity (Wildman–Crippen MR) is 76.4 cm³/mol. The SMILES string of the molecule is CCCC1CN(CC(C)C(C)(C)C)CCCN1. The Kier molecular flexibility index (Phi) is 5.94. The van der Waals surface area contributed by atoms with E-state index in [4.69, 9.17) is 0 Å². The van der Waals surface area contributed by atoms with Crippen molar-refractivity contribution in [2.24, 2.45) is 11.3 Å². The second-order valence-corrected chi connectivity index (χ2v) is 6.82. The molecule has 1 fully saturated rings. The third kappa shape index (κ3) is 5.39. The molecule has 1 aliphatic rings. The Morgan fingerprint density at radius 1 is 1.35 bits per heavy atom. The van der Waals surface area contributed by atoms with Gasteiger partial charge in [0, 0.05) is 19.1 Å². The van der Waals surface area contributed by atoms with E-state index >= 15 is 0 Å². The molecule has 0 radical (unpaired) electrons. The molecule has 0 spiro atoms. The van der Waals surface area contributed by atoms with Gasteiger partial charge in [-0.15, -0.1) is 0 Å². The maximum Gasteiger partial charge on any atom is 0.0194 e. The largest absolute Gasteiger partial charge is 0.313 e. The maximum atomic E-state index is 3.68. The van der Waals surface area contributed by atoms with Crippen molar-refractivity contribution >= 4 is 0 Å². The van der Waals surface area contributed by atoms with E-state index in [0.29, 0.717) is 5.41 Å². The third-order valence-electron chi connectivity index (χ3n) is 4.21. The van der Waals surface area contributed by atoms with Gasteiger partial charge in [0.15, 0.2) is 0 Å². The molecule has 0 aromatic rings. The summed E-state index contributed by atoms with van der Waals surface area (Å²) in [5, 5.41) is 3.68. The Morgan fingerprint density at radius 3 is 2.65 bits per heavy atom. The highest BCUT2D eigenvalue weighted by molar-refractivity contribution is 4.80. The average molecular weight is 240 g/mol. The fraction of sp³-hybridized carbons (Fsp3) is 1.00. The zero-order chi connectivity index (χ0) is 12.9. The minimum atomic E-state index is 0.431. The summed E-state index contributed by atoms with van der Waals surface area (Å²) in [5.74, 6) is 0.767. The number of rotatable bonds is 4. The number of hydrogen-bond donors (Lipinski definition) is 1. The molecule has 0 bridgehead atoms. The second kappa shape index (κ2) is 6.75. The second-order valence-electron chi connectivity index (χ2n) is 6.82. The van der Waals surface area contributed by atoms with Gasteiger partial charge in [0.2, 0.25) is 0 Å². The third-order valence-corrected chi connectivity index (χ3v) is 4.21. The van der Waals surface area contributed by atoms with Crippen molar-refractivity contribution in [1.29, 1.82) is 0 Å². The van der Waals surface area contributed by atoms with E-state index in [-0.39, 0.29) is 0 Å². The van der Waals surface area contributed by atoms with Crippen LogP contribution in [0.2, 0.25) is 0 Å². The smallest absolute Gasteiger partial charge is 0.0194 e. The summed E-state index contributed by atoms with van der Waals surface area (Å²) in [6.45, 7) is 16.7. The fourth-order valence-corrected chi connectivity index (χ4v) is 2.45. The van der Waals surface area contributed by atoms with Gasteiger partial charge in [0.1, 0.15) is 0 Å². The van der Waals surface area contributed by atoms with Crippen molar-refractivity contribution < 1.29 is 0 Å². The normalized spacial score (nSPS) is 25.6. The van der Waals surface area contributed by atoms with Crippen LogP contribution in [0.5, 0.6) is 0 Å². The Hall–Kier alpha value is -0.0800. The van der Waals surface area contributed by atoms with E-state index in [2.05, 4.69) is 44.8 Å². The van der Waals surface area contributed by atoms with Crippen LogP contribution in [0.3, 0.4) is 0 Å². The Bertz CT molecular complexity index is 207. The van der Waals surface area contributed by atoms with E-state index in [1.165, 1.54) is 45.4 Å². The molecule has 1 heterocycles. The monoisotopic (exact) mass is 240 g/mol. The average Bonchev–Trinajstić information content (AvgIpc) is 2.42. The van der Waals surface area contributed by atoms with Crippen LogP contribution in [-0.2, 0) is 0 Å². The summed E-state index contributed by atoms with van der Waals surface area (Å²) in [4.78, 5) is 2.68. The van der Waals surface area contributed by atoms with Crippen molar-refractivity contribution in [3.63, 3.8) is 0 Å². The van der Waals surface area contributed by atoms with E-state index in [1.54, 1.807) is 0 Å². The lowest BCUT2D eigenvalue weighted by Crippen LogP contribution is -2.41. The van der Waals surface area contributed by atoms with Gasteiger partial charge in [-0.3, -0.25) is 0 Å². The van der Waals surface area contributed by atoms with Crippen molar-refractivity contribution in [3.05, 3.63) is 0 Å². The van der Waals surface area contributed by atoms with Crippen LogP contribution in [0.1, 0.15) is 53.9 Å². The van der Waals surface area contributed by atoms with Gasteiger partial charge < -0.3 is 10.2 Å².